The van der Waals surface area contributed by atoms with E-state index in [1.54, 1.807) is 0 Å². The minimum Gasteiger partial charge on any atom is -0.303 e. The lowest BCUT2D eigenvalue weighted by Gasteiger charge is -2.20. The predicted octanol–water partition coefficient (Wildman–Crippen LogP) is 1.72. The van der Waals surface area contributed by atoms with Gasteiger partial charge in [0.2, 0.25) is 0 Å². The number of fused-ring (bicyclic) bond motifs is 2. The molecule has 2 fully saturated rings. The summed E-state index contributed by atoms with van der Waals surface area (Å²) in [6.07, 6.45) is 4.48. The van der Waals surface area contributed by atoms with Gasteiger partial charge < -0.3 is 4.90 Å². The first kappa shape index (κ1) is 7.79. The molecule has 1 aliphatic heterocycles. The zero-order valence-corrected chi connectivity index (χ0v) is 8.17. The normalized spacial score (nSPS) is 41.0. The maximum absolute atomic E-state index is 2.51. The van der Waals surface area contributed by atoms with E-state index in [1.807, 2.05) is 0 Å². The fourth-order valence-corrected chi connectivity index (χ4v) is 2.17. The molecule has 0 aromatic heterocycles. The van der Waals surface area contributed by atoms with Crippen molar-refractivity contribution in [3.05, 3.63) is 0 Å². The molecule has 1 saturated carbocycles. The van der Waals surface area contributed by atoms with Crippen molar-refractivity contribution in [2.75, 3.05) is 13.6 Å². The molecule has 0 spiro atoms. The standard InChI is InChI=1S/C7H13N.HI/c1-8-5-6-2-3-7(8)4-6;/h6-7H,2-5H2,1H3;1H. The van der Waals surface area contributed by atoms with Crippen LogP contribution in [0.25, 0.3) is 0 Å². The number of likely N-dealkylation sites (tertiary alicyclic amines) is 1. The highest BCUT2D eigenvalue weighted by Crippen LogP contribution is 2.35. The molecule has 2 aliphatic rings. The quantitative estimate of drug-likeness (QED) is 0.582. The summed E-state index contributed by atoms with van der Waals surface area (Å²) in [5.74, 6) is 1.07. The summed E-state index contributed by atoms with van der Waals surface area (Å²) in [7, 11) is 2.25. The second kappa shape index (κ2) is 2.74. The number of hydrogen-bond donors (Lipinski definition) is 0. The molecule has 2 rings (SSSR count). The maximum Gasteiger partial charge on any atom is 0.00955 e. The Bertz CT molecular complexity index is 103. The highest BCUT2D eigenvalue weighted by molar-refractivity contribution is 14.0. The van der Waals surface area contributed by atoms with Crippen molar-refractivity contribution in [2.45, 2.75) is 25.3 Å². The van der Waals surface area contributed by atoms with E-state index in [2.05, 4.69) is 11.9 Å². The summed E-state index contributed by atoms with van der Waals surface area (Å²) < 4.78 is 0. The Morgan fingerprint density at radius 3 is 2.33 bits per heavy atom. The molecule has 2 heteroatoms. The summed E-state index contributed by atoms with van der Waals surface area (Å²) in [5, 5.41) is 0. The van der Waals surface area contributed by atoms with Gasteiger partial charge in [0.05, 0.1) is 0 Å². The van der Waals surface area contributed by atoms with E-state index in [-0.39, 0.29) is 24.0 Å². The molecule has 0 radical (unpaired) electrons. The first-order chi connectivity index (χ1) is 3.86. The minimum atomic E-state index is 0. The molecule has 0 N–H and O–H groups in total. The highest BCUT2D eigenvalue weighted by atomic mass is 127. The maximum atomic E-state index is 2.51. The monoisotopic (exact) mass is 239 g/mol. The molecule has 0 aromatic carbocycles. The lowest BCUT2D eigenvalue weighted by Crippen LogP contribution is -2.27. The van der Waals surface area contributed by atoms with Crippen molar-refractivity contribution in [2.24, 2.45) is 5.92 Å². The Labute approximate surface area is 73.8 Å². The van der Waals surface area contributed by atoms with Gasteiger partial charge in [0, 0.05) is 12.6 Å². The fraction of sp³-hybridized carbons (Fsp3) is 1.00. The van der Waals surface area contributed by atoms with E-state index in [0.717, 1.165) is 12.0 Å². The molecule has 0 aromatic rings. The molecule has 0 amide bonds. The molecule has 1 nitrogen and oxygen atoms in total. The lowest BCUT2D eigenvalue weighted by atomic mass is 10.1. The molecule has 1 aliphatic carbocycles. The molecule has 2 bridgehead atoms. The number of hydrogen-bond acceptors (Lipinski definition) is 1. The molecular formula is C7H14IN. The minimum absolute atomic E-state index is 0. The van der Waals surface area contributed by atoms with Gasteiger partial charge in [-0.1, -0.05) is 0 Å². The Balaban J connectivity index is 0.000000405. The Kier molecular flexibility index (Phi) is 2.37. The predicted molar refractivity (Wildman–Crippen MR) is 49.2 cm³/mol. The second-order valence-electron chi connectivity index (χ2n) is 3.27. The highest BCUT2D eigenvalue weighted by Gasteiger charge is 2.34. The van der Waals surface area contributed by atoms with E-state index >= 15 is 0 Å². The van der Waals surface area contributed by atoms with E-state index in [0.29, 0.717) is 0 Å². The smallest absolute Gasteiger partial charge is 0.00955 e. The molecule has 54 valence electrons. The SMILES string of the molecule is CN1CC2CCC1C2.I. The first-order valence-electron chi connectivity index (χ1n) is 3.56. The summed E-state index contributed by atoms with van der Waals surface area (Å²) >= 11 is 0. The number of rotatable bonds is 0. The van der Waals surface area contributed by atoms with Crippen LogP contribution in [0.2, 0.25) is 0 Å². The van der Waals surface area contributed by atoms with Gasteiger partial charge in [-0.05, 0) is 32.2 Å². The molecule has 2 unspecified atom stereocenters. The molecule has 1 saturated heterocycles. The molecule has 1 heterocycles. The number of nitrogens with zero attached hydrogens (tertiary/aromatic N) is 1. The molecular weight excluding hydrogens is 225 g/mol. The van der Waals surface area contributed by atoms with Gasteiger partial charge in [0.15, 0.2) is 0 Å². The van der Waals surface area contributed by atoms with Gasteiger partial charge in [-0.15, -0.1) is 24.0 Å². The second-order valence-corrected chi connectivity index (χ2v) is 3.27. The van der Waals surface area contributed by atoms with Crippen LogP contribution in [-0.4, -0.2) is 24.5 Å². The number of piperidine rings is 1. The van der Waals surface area contributed by atoms with Gasteiger partial charge >= 0.3 is 0 Å². The Hall–Kier alpha value is 0.690. The fourth-order valence-electron chi connectivity index (χ4n) is 2.17. The van der Waals surface area contributed by atoms with Crippen molar-refractivity contribution >= 4 is 24.0 Å². The summed E-state index contributed by atoms with van der Waals surface area (Å²) in [6, 6.07) is 0.972. The lowest BCUT2D eigenvalue weighted by molar-refractivity contribution is 0.261. The Morgan fingerprint density at radius 1 is 1.33 bits per heavy atom. The third-order valence-corrected chi connectivity index (χ3v) is 2.68. The largest absolute Gasteiger partial charge is 0.303 e. The molecule has 2 atom stereocenters. The average Bonchev–Trinajstić information content (AvgIpc) is 2.23. The van der Waals surface area contributed by atoms with Crippen molar-refractivity contribution in [1.82, 2.24) is 4.90 Å². The van der Waals surface area contributed by atoms with E-state index in [4.69, 9.17) is 0 Å². The van der Waals surface area contributed by atoms with E-state index in [1.165, 1.54) is 25.8 Å². The summed E-state index contributed by atoms with van der Waals surface area (Å²) in [5.41, 5.74) is 0. The first-order valence-corrected chi connectivity index (χ1v) is 3.56. The van der Waals surface area contributed by atoms with Crippen LogP contribution < -0.4 is 0 Å². The van der Waals surface area contributed by atoms with Crippen molar-refractivity contribution in [3.63, 3.8) is 0 Å². The van der Waals surface area contributed by atoms with Crippen LogP contribution in [0.4, 0.5) is 0 Å². The number of halogens is 1. The van der Waals surface area contributed by atoms with Crippen molar-refractivity contribution in [3.8, 4) is 0 Å². The van der Waals surface area contributed by atoms with Gasteiger partial charge in [-0.2, -0.15) is 0 Å². The van der Waals surface area contributed by atoms with Crippen LogP contribution >= 0.6 is 24.0 Å². The average molecular weight is 239 g/mol. The molecule has 9 heavy (non-hydrogen) atoms. The van der Waals surface area contributed by atoms with Crippen molar-refractivity contribution < 1.29 is 0 Å². The van der Waals surface area contributed by atoms with Crippen LogP contribution in [0, 0.1) is 5.92 Å². The summed E-state index contributed by atoms with van der Waals surface area (Å²) in [6.45, 7) is 1.38. The Morgan fingerprint density at radius 2 is 2.11 bits per heavy atom. The third kappa shape index (κ3) is 1.24. The topological polar surface area (TPSA) is 3.24 Å². The third-order valence-electron chi connectivity index (χ3n) is 2.68. The van der Waals surface area contributed by atoms with Gasteiger partial charge in [-0.25, -0.2) is 0 Å². The summed E-state index contributed by atoms with van der Waals surface area (Å²) in [4.78, 5) is 2.51. The van der Waals surface area contributed by atoms with Crippen LogP contribution in [0.15, 0.2) is 0 Å². The van der Waals surface area contributed by atoms with Gasteiger partial charge in [0.25, 0.3) is 0 Å². The van der Waals surface area contributed by atoms with E-state index in [9.17, 15) is 0 Å². The van der Waals surface area contributed by atoms with Crippen LogP contribution in [-0.2, 0) is 0 Å². The zero-order chi connectivity index (χ0) is 5.56. The van der Waals surface area contributed by atoms with Gasteiger partial charge in [-0.3, -0.25) is 0 Å². The van der Waals surface area contributed by atoms with Crippen molar-refractivity contribution in [1.29, 1.82) is 0 Å². The van der Waals surface area contributed by atoms with Crippen LogP contribution in [0.3, 0.4) is 0 Å². The van der Waals surface area contributed by atoms with E-state index < -0.39 is 0 Å². The van der Waals surface area contributed by atoms with Gasteiger partial charge in [0.1, 0.15) is 0 Å². The zero-order valence-electron chi connectivity index (χ0n) is 5.84. The van der Waals surface area contributed by atoms with Crippen LogP contribution in [0.1, 0.15) is 19.3 Å². The van der Waals surface area contributed by atoms with Crippen LogP contribution in [0.5, 0.6) is 0 Å².